The predicted molar refractivity (Wildman–Crippen MR) is 61.1 cm³/mol. The second kappa shape index (κ2) is 4.97. The summed E-state index contributed by atoms with van der Waals surface area (Å²) in [6.07, 6.45) is 4.52. The molecule has 0 aliphatic heterocycles. The monoisotopic (exact) mass is 241 g/mol. The number of aliphatic hydroxyl groups is 1. The largest absolute Gasteiger partial charge is 0.396 e. The van der Waals surface area contributed by atoms with Crippen molar-refractivity contribution in [1.29, 1.82) is 0 Å². The Morgan fingerprint density at radius 2 is 2.50 bits per heavy atom. The minimum Gasteiger partial charge on any atom is -0.396 e. The van der Waals surface area contributed by atoms with Gasteiger partial charge in [-0.2, -0.15) is 0 Å². The third-order valence-corrected chi connectivity index (χ3v) is 3.94. The highest BCUT2D eigenvalue weighted by Gasteiger charge is 2.34. The molecule has 1 aliphatic carbocycles. The van der Waals surface area contributed by atoms with Crippen molar-refractivity contribution in [1.82, 2.24) is 15.0 Å². The lowest BCUT2D eigenvalue weighted by molar-refractivity contribution is -0.109. The average molecular weight is 241 g/mol. The normalized spacial score (nSPS) is 24.1. The fourth-order valence-electron chi connectivity index (χ4n) is 1.81. The highest BCUT2D eigenvalue weighted by molar-refractivity contribution is 8.14. The van der Waals surface area contributed by atoms with Crippen LogP contribution < -0.4 is 0 Å². The van der Waals surface area contributed by atoms with Crippen molar-refractivity contribution < 1.29 is 9.90 Å². The second-order valence-corrected chi connectivity index (χ2v) is 5.37. The van der Waals surface area contributed by atoms with Crippen LogP contribution in [0.15, 0.2) is 6.20 Å². The summed E-state index contributed by atoms with van der Waals surface area (Å²) in [5, 5.41) is 17.3. The quantitative estimate of drug-likeness (QED) is 0.844. The number of carbonyl (C=O) groups excluding carboxylic acids is 1. The first-order chi connectivity index (χ1) is 7.70. The molecule has 5 nitrogen and oxygen atoms in total. The second-order valence-electron chi connectivity index (χ2n) is 3.96. The Hall–Kier alpha value is -0.880. The van der Waals surface area contributed by atoms with Crippen LogP contribution in [0.4, 0.5) is 0 Å². The highest BCUT2D eigenvalue weighted by Crippen LogP contribution is 2.40. The van der Waals surface area contributed by atoms with Crippen LogP contribution in [0.25, 0.3) is 0 Å². The third kappa shape index (κ3) is 2.44. The molecule has 0 saturated heterocycles. The highest BCUT2D eigenvalue weighted by atomic mass is 32.2. The first-order valence-electron chi connectivity index (χ1n) is 5.39. The fraction of sp³-hybridized carbons (Fsp3) is 0.700. The topological polar surface area (TPSA) is 68.0 Å². The predicted octanol–water partition coefficient (Wildman–Crippen LogP) is 0.796. The molecule has 2 rings (SSSR count). The molecule has 0 bridgehead atoms. The van der Waals surface area contributed by atoms with Gasteiger partial charge in [0.1, 0.15) is 0 Å². The molecule has 2 atom stereocenters. The van der Waals surface area contributed by atoms with Gasteiger partial charge in [-0.3, -0.25) is 4.79 Å². The Kier molecular flexibility index (Phi) is 3.60. The number of aromatic nitrogens is 3. The molecule has 1 saturated carbocycles. The van der Waals surface area contributed by atoms with E-state index in [1.807, 2.05) is 10.9 Å². The molecule has 1 fully saturated rings. The van der Waals surface area contributed by atoms with E-state index in [9.17, 15) is 4.79 Å². The van der Waals surface area contributed by atoms with Crippen molar-refractivity contribution in [3.8, 4) is 0 Å². The summed E-state index contributed by atoms with van der Waals surface area (Å²) in [7, 11) is 0. The van der Waals surface area contributed by atoms with Crippen LogP contribution in [0.3, 0.4) is 0 Å². The zero-order chi connectivity index (χ0) is 11.5. The van der Waals surface area contributed by atoms with Gasteiger partial charge in [0, 0.05) is 31.4 Å². The van der Waals surface area contributed by atoms with E-state index in [2.05, 4.69) is 10.3 Å². The van der Waals surface area contributed by atoms with E-state index in [4.69, 9.17) is 5.11 Å². The molecule has 0 spiro atoms. The van der Waals surface area contributed by atoms with E-state index in [1.54, 1.807) is 6.92 Å². The number of aliphatic hydroxyl groups excluding tert-OH is 1. The minimum absolute atomic E-state index is 0.0922. The van der Waals surface area contributed by atoms with E-state index in [1.165, 1.54) is 11.8 Å². The Morgan fingerprint density at radius 3 is 3.06 bits per heavy atom. The Morgan fingerprint density at radius 1 is 1.69 bits per heavy atom. The molecular formula is C10H15N3O2S. The molecule has 1 N–H and O–H groups in total. The number of hydrogen-bond acceptors (Lipinski definition) is 5. The lowest BCUT2D eigenvalue weighted by Crippen LogP contribution is -2.32. The van der Waals surface area contributed by atoms with Gasteiger partial charge in [-0.15, -0.1) is 5.10 Å². The molecule has 1 heterocycles. The van der Waals surface area contributed by atoms with Gasteiger partial charge in [0.15, 0.2) is 5.12 Å². The van der Waals surface area contributed by atoms with Crippen LogP contribution in [-0.2, 0) is 11.2 Å². The maximum absolute atomic E-state index is 11.0. The van der Waals surface area contributed by atoms with Gasteiger partial charge < -0.3 is 5.11 Å². The Bertz CT molecular complexity index is 380. The van der Waals surface area contributed by atoms with E-state index in [0.717, 1.165) is 18.5 Å². The van der Waals surface area contributed by atoms with Crippen molar-refractivity contribution in [2.24, 2.45) is 0 Å². The van der Waals surface area contributed by atoms with Crippen LogP contribution >= 0.6 is 11.8 Å². The lowest BCUT2D eigenvalue weighted by atomic mass is 9.92. The smallest absolute Gasteiger partial charge is 0.186 e. The van der Waals surface area contributed by atoms with Crippen LogP contribution in [-0.4, -0.2) is 37.1 Å². The maximum Gasteiger partial charge on any atom is 0.186 e. The van der Waals surface area contributed by atoms with E-state index >= 15 is 0 Å². The van der Waals surface area contributed by atoms with E-state index in [-0.39, 0.29) is 17.8 Å². The molecule has 6 heteroatoms. The molecule has 1 aliphatic rings. The molecule has 0 amide bonds. The fourth-order valence-corrected chi connectivity index (χ4v) is 2.91. The van der Waals surface area contributed by atoms with Gasteiger partial charge in [0.25, 0.3) is 0 Å². The minimum atomic E-state index is 0.0922. The third-order valence-electron chi connectivity index (χ3n) is 2.76. The molecule has 0 aromatic carbocycles. The summed E-state index contributed by atoms with van der Waals surface area (Å²) < 4.78 is 1.83. The molecule has 1 aromatic heterocycles. The average Bonchev–Trinajstić information content (AvgIpc) is 2.61. The van der Waals surface area contributed by atoms with Crippen molar-refractivity contribution >= 4 is 16.9 Å². The first-order valence-corrected chi connectivity index (χ1v) is 6.27. The summed E-state index contributed by atoms with van der Waals surface area (Å²) in [4.78, 5) is 11.0. The van der Waals surface area contributed by atoms with Gasteiger partial charge in [0.2, 0.25) is 0 Å². The van der Waals surface area contributed by atoms with Gasteiger partial charge >= 0.3 is 0 Å². The van der Waals surface area contributed by atoms with Gasteiger partial charge in [-0.05, 0) is 12.8 Å². The van der Waals surface area contributed by atoms with E-state index in [0.29, 0.717) is 11.7 Å². The van der Waals surface area contributed by atoms with Gasteiger partial charge in [0.05, 0.1) is 11.7 Å². The van der Waals surface area contributed by atoms with Crippen LogP contribution in [0.1, 0.15) is 31.5 Å². The van der Waals surface area contributed by atoms with Crippen molar-refractivity contribution in [2.75, 3.05) is 6.61 Å². The van der Waals surface area contributed by atoms with Crippen LogP contribution in [0.5, 0.6) is 0 Å². The summed E-state index contributed by atoms with van der Waals surface area (Å²) in [5.74, 6) is 0. The standard InChI is InChI=1S/C10H15N3O2S/c1-7(15)16-10-3-2-9(10)13-6-8(4-5-14)11-12-13/h6,9-10,14H,2-5H2,1H3. The molecule has 1 aromatic rings. The maximum atomic E-state index is 11.0. The first kappa shape index (κ1) is 11.6. The van der Waals surface area contributed by atoms with Gasteiger partial charge in [-0.1, -0.05) is 17.0 Å². The molecule has 0 radical (unpaired) electrons. The lowest BCUT2D eigenvalue weighted by Gasteiger charge is -2.34. The van der Waals surface area contributed by atoms with Gasteiger partial charge in [-0.25, -0.2) is 4.68 Å². The number of nitrogens with zero attached hydrogens (tertiary/aromatic N) is 3. The van der Waals surface area contributed by atoms with Crippen LogP contribution in [0.2, 0.25) is 0 Å². The van der Waals surface area contributed by atoms with E-state index < -0.39 is 0 Å². The molecular weight excluding hydrogens is 226 g/mol. The number of thioether (sulfide) groups is 1. The van der Waals surface area contributed by atoms with Crippen LogP contribution in [0, 0.1) is 0 Å². The Labute approximate surface area is 98.2 Å². The zero-order valence-electron chi connectivity index (χ0n) is 9.17. The Balaban J connectivity index is 1.98. The molecule has 2 unspecified atom stereocenters. The zero-order valence-corrected chi connectivity index (χ0v) is 9.98. The van der Waals surface area contributed by atoms with Crippen molar-refractivity contribution in [3.63, 3.8) is 0 Å². The molecule has 16 heavy (non-hydrogen) atoms. The number of hydrogen-bond donors (Lipinski definition) is 1. The van der Waals surface area contributed by atoms with Crippen molar-refractivity contribution in [2.45, 2.75) is 37.5 Å². The van der Waals surface area contributed by atoms with Crippen molar-refractivity contribution in [3.05, 3.63) is 11.9 Å². The summed E-state index contributed by atoms with van der Waals surface area (Å²) >= 11 is 1.39. The summed E-state index contributed by atoms with van der Waals surface area (Å²) in [6.45, 7) is 1.69. The number of rotatable bonds is 4. The SMILES string of the molecule is CC(=O)SC1CCC1n1cc(CCO)nn1. The summed E-state index contributed by atoms with van der Waals surface area (Å²) in [5.41, 5.74) is 0.806. The number of carbonyl (C=O) groups is 1. The summed E-state index contributed by atoms with van der Waals surface area (Å²) in [6, 6.07) is 0.286. The molecule has 88 valence electrons.